The molecule has 25 heavy (non-hydrogen) atoms. The third kappa shape index (κ3) is 6.16. The van der Waals surface area contributed by atoms with Crippen molar-refractivity contribution in [3.63, 3.8) is 0 Å². The van der Waals surface area contributed by atoms with Crippen LogP contribution in [0.1, 0.15) is 50.9 Å². The number of nitrogens with one attached hydrogen (secondary N) is 2. The third-order valence-corrected chi connectivity index (χ3v) is 4.86. The van der Waals surface area contributed by atoms with Crippen molar-refractivity contribution in [1.82, 2.24) is 25.4 Å². The number of guanidine groups is 1. The van der Waals surface area contributed by atoms with Crippen molar-refractivity contribution in [2.24, 2.45) is 10.9 Å². The molecule has 0 amide bonds. The molecule has 0 radical (unpaired) electrons. The minimum absolute atomic E-state index is 0.291. The minimum Gasteiger partial charge on any atom is -0.355 e. The molecule has 6 nitrogen and oxygen atoms in total. The Bertz CT molecular complexity index is 632. The minimum atomic E-state index is 0.291. The van der Waals surface area contributed by atoms with Gasteiger partial charge in [0.2, 0.25) is 0 Å². The monoisotopic (exact) mass is 362 g/mol. The van der Waals surface area contributed by atoms with Crippen molar-refractivity contribution in [1.29, 1.82) is 0 Å². The van der Waals surface area contributed by atoms with E-state index in [0.29, 0.717) is 12.0 Å². The number of nitrogens with zero attached hydrogens (tertiary/aromatic N) is 4. The van der Waals surface area contributed by atoms with Gasteiger partial charge in [-0.05, 0) is 23.8 Å². The van der Waals surface area contributed by atoms with E-state index in [0.717, 1.165) is 44.3 Å². The van der Waals surface area contributed by atoms with E-state index >= 15 is 0 Å². The quantitative estimate of drug-likeness (QED) is 0.531. The SMILES string of the molecule is CCc1nncn1CCNC(=NCC(C)C)NC(CC)c1cccs1. The molecule has 0 aliphatic heterocycles. The molecule has 0 aromatic carbocycles. The average Bonchev–Trinajstić information content (AvgIpc) is 3.28. The maximum Gasteiger partial charge on any atom is 0.191 e. The number of aliphatic imine (C=N–C) groups is 1. The van der Waals surface area contributed by atoms with Crippen molar-refractivity contribution < 1.29 is 0 Å². The Morgan fingerprint density at radius 3 is 2.84 bits per heavy atom. The largest absolute Gasteiger partial charge is 0.355 e. The molecule has 7 heteroatoms. The van der Waals surface area contributed by atoms with Crippen molar-refractivity contribution in [3.05, 3.63) is 34.5 Å². The van der Waals surface area contributed by atoms with Gasteiger partial charge in [0.1, 0.15) is 12.2 Å². The lowest BCUT2D eigenvalue weighted by Crippen LogP contribution is -2.41. The molecule has 0 fully saturated rings. The van der Waals surface area contributed by atoms with Crippen LogP contribution in [0.3, 0.4) is 0 Å². The number of rotatable bonds is 9. The molecule has 0 aliphatic carbocycles. The summed E-state index contributed by atoms with van der Waals surface area (Å²) in [7, 11) is 0. The molecule has 0 saturated heterocycles. The smallest absolute Gasteiger partial charge is 0.191 e. The second kappa shape index (κ2) is 10.2. The van der Waals surface area contributed by atoms with Crippen molar-refractivity contribution >= 4 is 17.3 Å². The molecule has 0 saturated carbocycles. The molecule has 2 aromatic heterocycles. The van der Waals surface area contributed by atoms with Crippen LogP contribution in [0, 0.1) is 5.92 Å². The number of aryl methyl sites for hydroxylation is 1. The van der Waals surface area contributed by atoms with Crippen LogP contribution in [0.25, 0.3) is 0 Å². The molecule has 2 N–H and O–H groups in total. The van der Waals surface area contributed by atoms with Gasteiger partial charge in [0.05, 0.1) is 6.04 Å². The van der Waals surface area contributed by atoms with Gasteiger partial charge >= 0.3 is 0 Å². The van der Waals surface area contributed by atoms with Crippen LogP contribution in [0.2, 0.25) is 0 Å². The highest BCUT2D eigenvalue weighted by Gasteiger charge is 2.12. The summed E-state index contributed by atoms with van der Waals surface area (Å²) in [6, 6.07) is 4.57. The van der Waals surface area contributed by atoms with Crippen molar-refractivity contribution in [2.75, 3.05) is 13.1 Å². The van der Waals surface area contributed by atoms with Crippen molar-refractivity contribution in [2.45, 2.75) is 53.1 Å². The first-order valence-corrected chi connectivity index (χ1v) is 9.96. The summed E-state index contributed by atoms with van der Waals surface area (Å²) in [4.78, 5) is 6.08. The first-order valence-electron chi connectivity index (χ1n) is 9.08. The van der Waals surface area contributed by atoms with Gasteiger partial charge in [0.15, 0.2) is 5.96 Å². The topological polar surface area (TPSA) is 67.1 Å². The molecule has 0 spiro atoms. The van der Waals surface area contributed by atoms with Gasteiger partial charge in [-0.25, -0.2) is 0 Å². The summed E-state index contributed by atoms with van der Waals surface area (Å²) in [5.41, 5.74) is 0. The summed E-state index contributed by atoms with van der Waals surface area (Å²) in [6.45, 7) is 11.1. The predicted octanol–water partition coefficient (Wildman–Crippen LogP) is 3.24. The van der Waals surface area contributed by atoms with Gasteiger partial charge in [-0.1, -0.05) is 33.8 Å². The number of hydrogen-bond donors (Lipinski definition) is 2. The summed E-state index contributed by atoms with van der Waals surface area (Å²) in [5, 5.41) is 17.3. The number of hydrogen-bond acceptors (Lipinski definition) is 4. The molecule has 1 atom stereocenters. The third-order valence-electron chi connectivity index (χ3n) is 3.88. The molecule has 2 heterocycles. The fourth-order valence-electron chi connectivity index (χ4n) is 2.49. The first-order chi connectivity index (χ1) is 12.1. The second-order valence-electron chi connectivity index (χ2n) is 6.42. The lowest BCUT2D eigenvalue weighted by atomic mass is 10.2. The van der Waals surface area contributed by atoms with E-state index in [1.807, 2.05) is 0 Å². The molecule has 138 valence electrons. The average molecular weight is 363 g/mol. The van der Waals surface area contributed by atoms with Gasteiger partial charge in [-0.15, -0.1) is 21.5 Å². The Labute approximate surface area is 154 Å². The van der Waals surface area contributed by atoms with E-state index in [1.54, 1.807) is 17.7 Å². The van der Waals surface area contributed by atoms with Crippen LogP contribution >= 0.6 is 11.3 Å². The van der Waals surface area contributed by atoms with E-state index < -0.39 is 0 Å². The summed E-state index contributed by atoms with van der Waals surface area (Å²) >= 11 is 1.78. The molecular weight excluding hydrogens is 332 g/mol. The van der Waals surface area contributed by atoms with Gasteiger partial charge < -0.3 is 15.2 Å². The lowest BCUT2D eigenvalue weighted by Gasteiger charge is -2.20. The zero-order chi connectivity index (χ0) is 18.1. The molecular formula is C18H30N6S. The van der Waals surface area contributed by atoms with E-state index in [2.05, 4.69) is 70.6 Å². The van der Waals surface area contributed by atoms with E-state index in [1.165, 1.54) is 4.88 Å². The Balaban J connectivity index is 1.96. The highest BCUT2D eigenvalue weighted by atomic mass is 32.1. The normalized spacial score (nSPS) is 13.2. The summed E-state index contributed by atoms with van der Waals surface area (Å²) < 4.78 is 2.09. The van der Waals surface area contributed by atoms with E-state index in [4.69, 9.17) is 4.99 Å². The molecule has 2 aromatic rings. The van der Waals surface area contributed by atoms with Gasteiger partial charge in [0, 0.05) is 30.9 Å². The zero-order valence-electron chi connectivity index (χ0n) is 15.7. The van der Waals surface area contributed by atoms with Crippen LogP contribution in [0.5, 0.6) is 0 Å². The van der Waals surface area contributed by atoms with E-state index in [9.17, 15) is 0 Å². The van der Waals surface area contributed by atoms with Gasteiger partial charge in [-0.2, -0.15) is 0 Å². The lowest BCUT2D eigenvalue weighted by molar-refractivity contribution is 0.588. The Morgan fingerprint density at radius 2 is 2.20 bits per heavy atom. The van der Waals surface area contributed by atoms with Crippen LogP contribution in [-0.2, 0) is 13.0 Å². The Morgan fingerprint density at radius 1 is 1.36 bits per heavy atom. The van der Waals surface area contributed by atoms with Crippen LogP contribution in [0.4, 0.5) is 0 Å². The number of aromatic nitrogens is 3. The van der Waals surface area contributed by atoms with E-state index in [-0.39, 0.29) is 0 Å². The molecule has 0 bridgehead atoms. The number of thiophene rings is 1. The Kier molecular flexibility index (Phi) is 7.91. The van der Waals surface area contributed by atoms with Gasteiger partial charge in [0.25, 0.3) is 0 Å². The second-order valence-corrected chi connectivity index (χ2v) is 7.40. The highest BCUT2D eigenvalue weighted by molar-refractivity contribution is 7.10. The predicted molar refractivity (Wildman–Crippen MR) is 105 cm³/mol. The summed E-state index contributed by atoms with van der Waals surface area (Å²) in [5.74, 6) is 2.42. The van der Waals surface area contributed by atoms with Crippen molar-refractivity contribution in [3.8, 4) is 0 Å². The Hall–Kier alpha value is -1.89. The fourth-order valence-corrected chi connectivity index (χ4v) is 3.35. The standard InChI is InChI=1S/C18H30N6S/c1-5-15(16-8-7-11-25-16)22-18(20-12-14(3)4)19-9-10-24-13-21-23-17(24)6-2/h7-8,11,13-15H,5-6,9-10,12H2,1-4H3,(H2,19,20,22). The van der Waals surface area contributed by atoms with Crippen LogP contribution < -0.4 is 10.6 Å². The maximum atomic E-state index is 4.74. The molecule has 0 aliphatic rings. The van der Waals surface area contributed by atoms with Gasteiger partial charge in [-0.3, -0.25) is 4.99 Å². The highest BCUT2D eigenvalue weighted by Crippen LogP contribution is 2.21. The van der Waals surface area contributed by atoms with Crippen LogP contribution in [-0.4, -0.2) is 33.8 Å². The first kappa shape index (κ1) is 19.4. The summed E-state index contributed by atoms with van der Waals surface area (Å²) in [6.07, 6.45) is 3.70. The van der Waals surface area contributed by atoms with Crippen LogP contribution in [0.15, 0.2) is 28.8 Å². The fraction of sp³-hybridized carbons (Fsp3) is 0.611. The zero-order valence-corrected chi connectivity index (χ0v) is 16.5. The maximum absolute atomic E-state index is 4.74. The molecule has 2 rings (SSSR count). The molecule has 1 unspecified atom stereocenters.